The van der Waals surface area contributed by atoms with Crippen molar-refractivity contribution in [3.05, 3.63) is 58.9 Å². The number of rotatable bonds is 6. The van der Waals surface area contributed by atoms with E-state index in [1.54, 1.807) is 12.4 Å². The highest BCUT2D eigenvalue weighted by Crippen LogP contribution is 2.21. The van der Waals surface area contributed by atoms with Crippen LogP contribution in [0.25, 0.3) is 0 Å². The second-order valence-electron chi connectivity index (χ2n) is 6.80. The second-order valence-corrected chi connectivity index (χ2v) is 6.80. The SMILES string of the molecule is Cc1cccc(C)c1NC(=O)c1cnc(NCCC2=CCCCC2)nc1. The second kappa shape index (κ2) is 8.61. The lowest BCUT2D eigenvalue weighted by Gasteiger charge is -2.13. The average Bonchev–Trinajstić information content (AvgIpc) is 2.66. The van der Waals surface area contributed by atoms with Crippen molar-refractivity contribution in [2.75, 3.05) is 17.2 Å². The van der Waals surface area contributed by atoms with Crippen LogP contribution >= 0.6 is 0 Å². The summed E-state index contributed by atoms with van der Waals surface area (Å²) in [5.74, 6) is 0.367. The van der Waals surface area contributed by atoms with Crippen molar-refractivity contribution in [1.29, 1.82) is 0 Å². The maximum absolute atomic E-state index is 12.4. The minimum Gasteiger partial charge on any atom is -0.354 e. The van der Waals surface area contributed by atoms with E-state index in [4.69, 9.17) is 0 Å². The molecule has 0 bridgehead atoms. The van der Waals surface area contributed by atoms with E-state index in [0.29, 0.717) is 11.5 Å². The first-order valence-corrected chi connectivity index (χ1v) is 9.25. The van der Waals surface area contributed by atoms with Crippen LogP contribution in [0.4, 0.5) is 11.6 Å². The zero-order valence-corrected chi connectivity index (χ0v) is 15.5. The third-order valence-electron chi connectivity index (χ3n) is 4.75. The third-order valence-corrected chi connectivity index (χ3v) is 4.75. The summed E-state index contributed by atoms with van der Waals surface area (Å²) in [4.78, 5) is 21.0. The van der Waals surface area contributed by atoms with E-state index in [2.05, 4.69) is 26.7 Å². The Morgan fingerprint density at radius 3 is 2.50 bits per heavy atom. The van der Waals surface area contributed by atoms with Crippen LogP contribution in [0.3, 0.4) is 0 Å². The molecule has 1 aromatic heterocycles. The van der Waals surface area contributed by atoms with Gasteiger partial charge in [-0.25, -0.2) is 9.97 Å². The summed E-state index contributed by atoms with van der Waals surface area (Å²) < 4.78 is 0. The summed E-state index contributed by atoms with van der Waals surface area (Å²) >= 11 is 0. The van der Waals surface area contributed by atoms with Gasteiger partial charge in [-0.15, -0.1) is 0 Å². The molecule has 26 heavy (non-hydrogen) atoms. The van der Waals surface area contributed by atoms with Crippen LogP contribution < -0.4 is 10.6 Å². The number of amides is 1. The molecule has 3 rings (SSSR count). The summed E-state index contributed by atoms with van der Waals surface area (Å²) in [5.41, 5.74) is 4.89. The number of carbonyl (C=O) groups excluding carboxylic acids is 1. The molecule has 0 fully saturated rings. The number of nitrogens with zero attached hydrogens (tertiary/aromatic N) is 2. The van der Waals surface area contributed by atoms with Crippen molar-refractivity contribution < 1.29 is 4.79 Å². The molecule has 5 heteroatoms. The van der Waals surface area contributed by atoms with Gasteiger partial charge in [0.25, 0.3) is 5.91 Å². The Bertz CT molecular complexity index is 776. The number of carbonyl (C=O) groups is 1. The monoisotopic (exact) mass is 350 g/mol. The number of aromatic nitrogens is 2. The van der Waals surface area contributed by atoms with Crippen LogP contribution in [0, 0.1) is 13.8 Å². The summed E-state index contributed by atoms with van der Waals surface area (Å²) in [6.45, 7) is 4.78. The Morgan fingerprint density at radius 2 is 1.85 bits per heavy atom. The minimum atomic E-state index is -0.193. The smallest absolute Gasteiger partial charge is 0.258 e. The molecule has 0 spiro atoms. The predicted molar refractivity (Wildman–Crippen MR) is 106 cm³/mol. The molecule has 1 aliphatic carbocycles. The van der Waals surface area contributed by atoms with Crippen molar-refractivity contribution in [3.8, 4) is 0 Å². The molecule has 2 aromatic rings. The summed E-state index contributed by atoms with van der Waals surface area (Å²) in [6, 6.07) is 5.94. The lowest BCUT2D eigenvalue weighted by Crippen LogP contribution is -2.15. The first kappa shape index (κ1) is 18.1. The van der Waals surface area contributed by atoms with E-state index >= 15 is 0 Å². The van der Waals surface area contributed by atoms with Crippen LogP contribution in [-0.2, 0) is 0 Å². The molecule has 0 saturated heterocycles. The number of allylic oxidation sites excluding steroid dienone is 1. The summed E-state index contributed by atoms with van der Waals surface area (Å²) in [7, 11) is 0. The first-order chi connectivity index (χ1) is 12.6. The molecule has 0 unspecified atom stereocenters. The van der Waals surface area contributed by atoms with E-state index in [0.717, 1.165) is 29.8 Å². The first-order valence-electron chi connectivity index (χ1n) is 9.25. The molecule has 1 amide bonds. The highest BCUT2D eigenvalue weighted by molar-refractivity contribution is 6.04. The molecule has 2 N–H and O–H groups in total. The van der Waals surface area contributed by atoms with Crippen molar-refractivity contribution in [3.63, 3.8) is 0 Å². The Morgan fingerprint density at radius 1 is 1.12 bits per heavy atom. The number of para-hydroxylation sites is 1. The number of hydrogen-bond donors (Lipinski definition) is 2. The van der Waals surface area contributed by atoms with Gasteiger partial charge in [0.1, 0.15) is 0 Å². The maximum Gasteiger partial charge on any atom is 0.258 e. The summed E-state index contributed by atoms with van der Waals surface area (Å²) in [6.07, 6.45) is 11.5. The Hall–Kier alpha value is -2.69. The quantitative estimate of drug-likeness (QED) is 0.744. The third kappa shape index (κ3) is 4.69. The fourth-order valence-electron chi connectivity index (χ4n) is 3.20. The maximum atomic E-state index is 12.4. The molecule has 136 valence electrons. The molecular weight excluding hydrogens is 324 g/mol. The largest absolute Gasteiger partial charge is 0.354 e. The Balaban J connectivity index is 1.55. The molecular formula is C21H26N4O. The Labute approximate surface area is 155 Å². The van der Waals surface area contributed by atoms with Crippen LogP contribution in [0.1, 0.15) is 53.6 Å². The molecule has 1 aromatic carbocycles. The van der Waals surface area contributed by atoms with Gasteiger partial charge in [0.05, 0.1) is 5.56 Å². The standard InChI is InChI=1S/C21H26N4O/c1-15-7-6-8-16(2)19(15)25-20(26)18-13-23-21(24-14-18)22-12-11-17-9-4-3-5-10-17/h6-9,13-14H,3-5,10-12H2,1-2H3,(H,25,26)(H,22,23,24). The highest BCUT2D eigenvalue weighted by Gasteiger charge is 2.11. The van der Waals surface area contributed by atoms with Gasteiger partial charge in [0.2, 0.25) is 5.95 Å². The number of benzene rings is 1. The van der Waals surface area contributed by atoms with E-state index in [1.165, 1.54) is 31.3 Å². The lowest BCUT2D eigenvalue weighted by atomic mass is 9.97. The van der Waals surface area contributed by atoms with Gasteiger partial charge in [0, 0.05) is 24.6 Å². The molecule has 0 saturated carbocycles. The number of nitrogens with one attached hydrogen (secondary N) is 2. The van der Waals surface area contributed by atoms with Crippen LogP contribution in [-0.4, -0.2) is 22.4 Å². The summed E-state index contributed by atoms with van der Waals surface area (Å²) in [5, 5.41) is 6.18. The van der Waals surface area contributed by atoms with Crippen LogP contribution in [0.15, 0.2) is 42.2 Å². The van der Waals surface area contributed by atoms with E-state index in [-0.39, 0.29) is 5.91 Å². The zero-order chi connectivity index (χ0) is 18.4. The highest BCUT2D eigenvalue weighted by atomic mass is 16.1. The fourth-order valence-corrected chi connectivity index (χ4v) is 3.20. The van der Waals surface area contributed by atoms with Gasteiger partial charge in [-0.2, -0.15) is 0 Å². The topological polar surface area (TPSA) is 66.9 Å². The van der Waals surface area contributed by atoms with Crippen molar-refractivity contribution in [2.45, 2.75) is 46.0 Å². The predicted octanol–water partition coefficient (Wildman–Crippen LogP) is 4.65. The number of anilines is 2. The molecule has 1 aliphatic rings. The Kier molecular flexibility index (Phi) is 6.00. The normalized spacial score (nSPS) is 13.8. The molecule has 0 aliphatic heterocycles. The van der Waals surface area contributed by atoms with Crippen molar-refractivity contribution in [1.82, 2.24) is 9.97 Å². The van der Waals surface area contributed by atoms with Crippen molar-refractivity contribution in [2.24, 2.45) is 0 Å². The lowest BCUT2D eigenvalue weighted by molar-refractivity contribution is 0.102. The molecule has 5 nitrogen and oxygen atoms in total. The zero-order valence-electron chi connectivity index (χ0n) is 15.5. The van der Waals surface area contributed by atoms with Crippen LogP contribution in [0.2, 0.25) is 0 Å². The average molecular weight is 350 g/mol. The van der Waals surface area contributed by atoms with Gasteiger partial charge in [-0.1, -0.05) is 29.8 Å². The fraction of sp³-hybridized carbons (Fsp3) is 0.381. The van der Waals surface area contributed by atoms with Gasteiger partial charge in [-0.05, 0) is 57.1 Å². The molecule has 0 atom stereocenters. The van der Waals surface area contributed by atoms with Crippen LogP contribution in [0.5, 0.6) is 0 Å². The van der Waals surface area contributed by atoms with E-state index in [1.807, 2.05) is 32.0 Å². The molecule has 1 heterocycles. The van der Waals surface area contributed by atoms with Gasteiger partial charge in [0.15, 0.2) is 0 Å². The minimum absolute atomic E-state index is 0.193. The number of aryl methyl sites for hydroxylation is 2. The van der Waals surface area contributed by atoms with E-state index in [9.17, 15) is 4.79 Å². The van der Waals surface area contributed by atoms with Gasteiger partial charge < -0.3 is 10.6 Å². The number of hydrogen-bond acceptors (Lipinski definition) is 4. The van der Waals surface area contributed by atoms with Gasteiger partial charge in [-0.3, -0.25) is 4.79 Å². The van der Waals surface area contributed by atoms with Crippen molar-refractivity contribution >= 4 is 17.5 Å². The van der Waals surface area contributed by atoms with Gasteiger partial charge >= 0.3 is 0 Å². The molecule has 0 radical (unpaired) electrons. The van der Waals surface area contributed by atoms with E-state index < -0.39 is 0 Å².